The largest absolute Gasteiger partial charge is 0.449 e. The number of aldehydes is 2. The van der Waals surface area contributed by atoms with E-state index >= 15 is 0 Å². The van der Waals surface area contributed by atoms with Gasteiger partial charge in [0.2, 0.25) is 0 Å². The average Bonchev–Trinajstić information content (AvgIpc) is 3.32. The van der Waals surface area contributed by atoms with Crippen LogP contribution in [0.15, 0.2) is 24.3 Å². The van der Waals surface area contributed by atoms with Gasteiger partial charge in [-0.15, -0.1) is 0 Å². The van der Waals surface area contributed by atoms with Crippen molar-refractivity contribution in [2.24, 2.45) is 5.92 Å². The average molecular weight is 373 g/mol. The van der Waals surface area contributed by atoms with Crippen molar-refractivity contribution in [3.8, 4) is 0 Å². The maximum Gasteiger partial charge on any atom is 0.408 e. The fourth-order valence-corrected chi connectivity index (χ4v) is 3.79. The van der Waals surface area contributed by atoms with Crippen LogP contribution in [0.2, 0.25) is 0 Å². The molecule has 1 unspecified atom stereocenters. The molecule has 0 radical (unpaired) electrons. The lowest BCUT2D eigenvalue weighted by atomic mass is 9.93. The van der Waals surface area contributed by atoms with E-state index < -0.39 is 23.6 Å². The predicted molar refractivity (Wildman–Crippen MR) is 95.8 cm³/mol. The van der Waals surface area contributed by atoms with Crippen LogP contribution in [-0.2, 0) is 9.53 Å². The molecule has 8 heteroatoms. The first-order valence-electron chi connectivity index (χ1n) is 9.13. The van der Waals surface area contributed by atoms with Crippen molar-refractivity contribution in [3.05, 3.63) is 35.4 Å². The van der Waals surface area contributed by atoms with Gasteiger partial charge in [0.25, 0.3) is 5.91 Å². The number of benzene rings is 1. The van der Waals surface area contributed by atoms with Crippen molar-refractivity contribution in [2.75, 3.05) is 6.61 Å². The maximum atomic E-state index is 12.7. The highest BCUT2D eigenvalue weighted by Gasteiger charge is 2.69. The highest BCUT2D eigenvalue weighted by atomic mass is 16.5. The van der Waals surface area contributed by atoms with Gasteiger partial charge in [-0.25, -0.2) is 4.79 Å². The number of hydrogen-bond donors (Lipinski definition) is 2. The van der Waals surface area contributed by atoms with Gasteiger partial charge in [0.05, 0.1) is 24.1 Å². The molecule has 27 heavy (non-hydrogen) atoms. The summed E-state index contributed by atoms with van der Waals surface area (Å²) >= 11 is 0. The molecular weight excluding hydrogens is 350 g/mol. The van der Waals surface area contributed by atoms with Crippen molar-refractivity contribution in [3.63, 3.8) is 0 Å². The van der Waals surface area contributed by atoms with Gasteiger partial charge in [-0.2, -0.15) is 5.01 Å². The number of alkyl carbamates (subject to hydrolysis) is 1. The quantitative estimate of drug-likeness (QED) is 0.556. The molecule has 2 heterocycles. The lowest BCUT2D eigenvalue weighted by Crippen LogP contribution is -2.49. The molecule has 2 amide bonds. The molecule has 2 aliphatic heterocycles. The summed E-state index contributed by atoms with van der Waals surface area (Å²) in [6, 6.07) is 6.25. The normalized spacial score (nSPS) is 29.2. The highest BCUT2D eigenvalue weighted by molar-refractivity contribution is 6.01. The van der Waals surface area contributed by atoms with Crippen molar-refractivity contribution < 1.29 is 23.9 Å². The van der Waals surface area contributed by atoms with Gasteiger partial charge in [0.15, 0.2) is 6.29 Å². The van der Waals surface area contributed by atoms with Crippen LogP contribution in [0.25, 0.3) is 0 Å². The second kappa shape index (κ2) is 7.87. The fraction of sp³-hybridized carbons (Fsp3) is 0.474. The zero-order chi connectivity index (χ0) is 19.4. The van der Waals surface area contributed by atoms with E-state index in [0.717, 1.165) is 19.1 Å². The van der Waals surface area contributed by atoms with Crippen LogP contribution in [0.4, 0.5) is 4.79 Å². The molecule has 2 N–H and O–H groups in total. The molecule has 1 aromatic carbocycles. The third-order valence-electron chi connectivity index (χ3n) is 5.23. The van der Waals surface area contributed by atoms with Crippen LogP contribution < -0.4 is 10.7 Å². The number of unbranched alkanes of at least 4 members (excludes halogenated alkanes) is 1. The van der Waals surface area contributed by atoms with E-state index in [0.29, 0.717) is 19.1 Å². The predicted octanol–water partition coefficient (Wildman–Crippen LogP) is 1.66. The topological polar surface area (TPSA) is 105 Å². The molecule has 4 atom stereocenters. The number of rotatable bonds is 7. The third-order valence-corrected chi connectivity index (χ3v) is 5.23. The highest BCUT2D eigenvalue weighted by Crippen LogP contribution is 2.47. The maximum absolute atomic E-state index is 12.7. The lowest BCUT2D eigenvalue weighted by Gasteiger charge is -2.21. The molecule has 1 spiro atoms. The molecule has 0 bridgehead atoms. The Hall–Kier alpha value is -2.74. The summed E-state index contributed by atoms with van der Waals surface area (Å²) in [7, 11) is 0. The van der Waals surface area contributed by atoms with E-state index in [4.69, 9.17) is 4.74 Å². The molecule has 144 valence electrons. The standard InChI is InChI=1S/C19H23N3O5/c1-2-3-8-16-19(14(12-24)9-10-27-18(26)20-19)22(16)21-17(25)15-7-5-4-6-13(15)11-23/h4-7,11-12,14,16H,2-3,8-10H2,1H3,(H,20,26)(H,21,25)/t14-,16-,19+,22?/m1/s1. The molecule has 1 aromatic rings. The van der Waals surface area contributed by atoms with E-state index in [9.17, 15) is 19.2 Å². The molecular formula is C19H23N3O5. The van der Waals surface area contributed by atoms with E-state index in [1.165, 1.54) is 0 Å². The molecule has 0 saturated carbocycles. The van der Waals surface area contributed by atoms with Crippen LogP contribution >= 0.6 is 0 Å². The molecule has 2 aliphatic rings. The number of hydrogen-bond acceptors (Lipinski definition) is 6. The Labute approximate surface area is 157 Å². The molecule has 8 nitrogen and oxygen atoms in total. The first-order chi connectivity index (χ1) is 13.1. The summed E-state index contributed by atoms with van der Waals surface area (Å²) in [4.78, 5) is 47.6. The molecule has 2 fully saturated rings. The van der Waals surface area contributed by atoms with Crippen molar-refractivity contribution in [1.29, 1.82) is 0 Å². The van der Waals surface area contributed by atoms with Crippen LogP contribution in [0.5, 0.6) is 0 Å². The number of amides is 2. The summed E-state index contributed by atoms with van der Waals surface area (Å²) in [5.74, 6) is -0.965. The zero-order valence-electron chi connectivity index (χ0n) is 15.1. The monoisotopic (exact) mass is 373 g/mol. The smallest absolute Gasteiger partial charge is 0.408 e. The van der Waals surface area contributed by atoms with Crippen LogP contribution in [0.3, 0.4) is 0 Å². The first kappa shape index (κ1) is 19.0. The molecule has 2 saturated heterocycles. The minimum atomic E-state index is -0.990. The van der Waals surface area contributed by atoms with Crippen LogP contribution in [0.1, 0.15) is 53.3 Å². The Morgan fingerprint density at radius 2 is 2.19 bits per heavy atom. The number of carbonyl (C=O) groups excluding carboxylic acids is 4. The number of hydrazine groups is 1. The van der Waals surface area contributed by atoms with E-state index in [1.54, 1.807) is 29.3 Å². The Kier molecular flexibility index (Phi) is 5.55. The second-order valence-electron chi connectivity index (χ2n) is 6.79. The van der Waals surface area contributed by atoms with Gasteiger partial charge in [0.1, 0.15) is 11.9 Å². The Morgan fingerprint density at radius 3 is 2.89 bits per heavy atom. The van der Waals surface area contributed by atoms with Crippen molar-refractivity contribution >= 4 is 24.6 Å². The lowest BCUT2D eigenvalue weighted by molar-refractivity contribution is -0.113. The van der Waals surface area contributed by atoms with Gasteiger partial charge in [-0.05, 0) is 18.9 Å². The van der Waals surface area contributed by atoms with Crippen LogP contribution in [-0.4, -0.2) is 47.9 Å². The summed E-state index contributed by atoms with van der Waals surface area (Å²) in [6.07, 6.45) is 3.73. The molecule has 0 aromatic heterocycles. The van der Waals surface area contributed by atoms with Gasteiger partial charge >= 0.3 is 6.09 Å². The minimum Gasteiger partial charge on any atom is -0.449 e. The summed E-state index contributed by atoms with van der Waals surface area (Å²) < 4.78 is 5.04. The molecule has 0 aliphatic carbocycles. The summed E-state index contributed by atoms with van der Waals surface area (Å²) in [5.41, 5.74) is 2.31. The van der Waals surface area contributed by atoms with E-state index in [2.05, 4.69) is 10.7 Å². The van der Waals surface area contributed by atoms with Gasteiger partial charge in [-0.3, -0.25) is 20.3 Å². The van der Waals surface area contributed by atoms with Gasteiger partial charge in [-0.1, -0.05) is 38.0 Å². The van der Waals surface area contributed by atoms with Gasteiger partial charge < -0.3 is 9.53 Å². The Morgan fingerprint density at radius 1 is 1.41 bits per heavy atom. The number of nitrogens with one attached hydrogen (secondary N) is 2. The fourth-order valence-electron chi connectivity index (χ4n) is 3.79. The van der Waals surface area contributed by atoms with Crippen molar-refractivity contribution in [2.45, 2.75) is 44.3 Å². The zero-order valence-corrected chi connectivity index (χ0v) is 15.1. The number of carbonyl (C=O) groups is 4. The second-order valence-corrected chi connectivity index (χ2v) is 6.79. The number of cyclic esters (lactones) is 1. The number of ether oxygens (including phenoxy) is 1. The Bertz CT molecular complexity index is 753. The van der Waals surface area contributed by atoms with Gasteiger partial charge in [0, 0.05) is 5.56 Å². The first-order valence-corrected chi connectivity index (χ1v) is 9.13. The summed E-state index contributed by atoms with van der Waals surface area (Å²) in [5, 5.41) is 4.40. The van der Waals surface area contributed by atoms with E-state index in [-0.39, 0.29) is 23.8 Å². The third kappa shape index (κ3) is 3.44. The molecule has 3 rings (SSSR count). The summed E-state index contributed by atoms with van der Waals surface area (Å²) in [6.45, 7) is 2.19. The SMILES string of the molecule is CCCC[C@H]1N(NC(=O)c2ccccc2C=O)[C@]12NC(=O)OCC[C@@H]2C=O. The van der Waals surface area contributed by atoms with Crippen molar-refractivity contribution in [1.82, 2.24) is 15.8 Å². The Balaban J connectivity index is 1.87. The van der Waals surface area contributed by atoms with E-state index in [1.807, 2.05) is 6.92 Å². The minimum absolute atomic E-state index is 0.146. The number of nitrogens with zero attached hydrogens (tertiary/aromatic N) is 1. The van der Waals surface area contributed by atoms with Crippen LogP contribution in [0, 0.1) is 5.92 Å².